The van der Waals surface area contributed by atoms with Crippen LogP contribution in [0.2, 0.25) is 10.0 Å². The molecule has 0 saturated carbocycles. The highest BCUT2D eigenvalue weighted by molar-refractivity contribution is 9.10. The Kier molecular flexibility index (Phi) is 5.39. The molecule has 0 aliphatic carbocycles. The number of halogens is 7. The lowest BCUT2D eigenvalue weighted by molar-refractivity contribution is -0.0406. The summed E-state index contributed by atoms with van der Waals surface area (Å²) in [6.07, 6.45) is 0. The first-order valence-corrected chi connectivity index (χ1v) is 9.01. The van der Waals surface area contributed by atoms with Gasteiger partial charge in [-0.15, -0.1) is 0 Å². The Labute approximate surface area is 152 Å². The normalized spacial score (nSPS) is 14.3. The molecule has 0 aliphatic rings. The molecule has 2 aromatic rings. The Morgan fingerprint density at radius 2 is 1.79 bits per heavy atom. The third kappa shape index (κ3) is 3.79. The molecular weight excluding hydrogens is 461 g/mol. The third-order valence-corrected chi connectivity index (χ3v) is 6.06. The third-order valence-electron chi connectivity index (χ3n) is 2.71. The predicted octanol–water partition coefficient (Wildman–Crippen LogP) is 6.61. The molecule has 0 fully saturated rings. The number of hydrogen-bond acceptors (Lipinski definition) is 3. The maximum atomic E-state index is 13.3. The van der Waals surface area contributed by atoms with Crippen molar-refractivity contribution in [3.63, 3.8) is 0 Å². The summed E-state index contributed by atoms with van der Waals surface area (Å²) in [7, 11) is -5.13. The molecule has 0 amide bonds. The van der Waals surface area contributed by atoms with Gasteiger partial charge < -0.3 is 4.74 Å². The fourth-order valence-electron chi connectivity index (χ4n) is 1.65. The second-order valence-electron chi connectivity index (χ2n) is 4.40. The summed E-state index contributed by atoms with van der Waals surface area (Å²) in [5.41, 5.74) is -5.28. The zero-order valence-electron chi connectivity index (χ0n) is 11.3. The molecule has 24 heavy (non-hydrogen) atoms. The van der Waals surface area contributed by atoms with Crippen LogP contribution in [0.15, 0.2) is 39.7 Å². The number of benzene rings is 2. The topological polar surface area (TPSA) is 50.2 Å². The summed E-state index contributed by atoms with van der Waals surface area (Å²) in [6.45, 7) is 0. The van der Waals surface area contributed by atoms with Crippen LogP contribution in [0.3, 0.4) is 0 Å². The van der Waals surface area contributed by atoms with E-state index in [0.717, 1.165) is 24.3 Å². The second-order valence-corrected chi connectivity index (χ2v) is 8.02. The highest BCUT2D eigenvalue weighted by atomic mass is 79.9. The fourth-order valence-corrected chi connectivity index (χ4v) is 3.77. The van der Waals surface area contributed by atoms with E-state index in [1.807, 2.05) is 0 Å². The average Bonchev–Trinajstić information content (AvgIpc) is 2.41. The quantitative estimate of drug-likeness (QED) is 0.517. The maximum Gasteiger partial charge on any atom is 0.483 e. The maximum absolute atomic E-state index is 13.3. The van der Waals surface area contributed by atoms with Crippen molar-refractivity contribution in [2.45, 2.75) is 10.4 Å². The van der Waals surface area contributed by atoms with Gasteiger partial charge in [-0.05, 0) is 40.2 Å². The Morgan fingerprint density at radius 1 is 1.17 bits per heavy atom. The number of alkyl halides is 3. The van der Waals surface area contributed by atoms with Crippen LogP contribution in [0.4, 0.5) is 17.6 Å². The van der Waals surface area contributed by atoms with Gasteiger partial charge in [-0.3, -0.25) is 0 Å². The lowest BCUT2D eigenvalue weighted by Gasteiger charge is -2.15. The highest BCUT2D eigenvalue weighted by Crippen LogP contribution is 2.43. The summed E-state index contributed by atoms with van der Waals surface area (Å²) >= 11 is 14.4. The van der Waals surface area contributed by atoms with E-state index in [0.29, 0.717) is 0 Å². The molecule has 0 bridgehead atoms. The van der Waals surface area contributed by atoms with Gasteiger partial charge in [-0.2, -0.15) is 13.2 Å². The monoisotopic (exact) mass is 465 g/mol. The van der Waals surface area contributed by atoms with Crippen molar-refractivity contribution in [2.24, 2.45) is 0 Å². The van der Waals surface area contributed by atoms with Crippen molar-refractivity contribution in [3.05, 3.63) is 50.7 Å². The summed E-state index contributed by atoms with van der Waals surface area (Å²) in [4.78, 5) is -0.909. The molecular formula is C13H6BrCl2F4NO2S. The standard InChI is InChI=1S/C13H6BrCl2F4NO2S/c14-11-9(23-8-4-6(15)3-7(17)5-8)1-2-10(12(11)16)24(21,22)13(18,19)20/h1-5,21H. The minimum Gasteiger partial charge on any atom is -0.456 e. The van der Waals surface area contributed by atoms with Crippen LogP contribution in [-0.2, 0) is 9.73 Å². The number of rotatable bonds is 3. The largest absolute Gasteiger partial charge is 0.483 e. The van der Waals surface area contributed by atoms with E-state index in [4.69, 9.17) is 32.7 Å². The Bertz CT molecular complexity index is 883. The molecule has 130 valence electrons. The summed E-state index contributed by atoms with van der Waals surface area (Å²) in [6, 6.07) is 5.13. The van der Waals surface area contributed by atoms with E-state index in [1.165, 1.54) is 6.07 Å². The van der Waals surface area contributed by atoms with Gasteiger partial charge in [0.15, 0.2) is 9.73 Å². The zero-order valence-corrected chi connectivity index (χ0v) is 15.2. The molecule has 1 atom stereocenters. The van der Waals surface area contributed by atoms with Crippen LogP contribution in [0.1, 0.15) is 0 Å². The van der Waals surface area contributed by atoms with Gasteiger partial charge in [-0.25, -0.2) is 13.4 Å². The average molecular weight is 467 g/mol. The van der Waals surface area contributed by atoms with E-state index in [9.17, 15) is 21.8 Å². The van der Waals surface area contributed by atoms with Gasteiger partial charge >= 0.3 is 5.51 Å². The number of hydrogen-bond donors (Lipinski definition) is 1. The van der Waals surface area contributed by atoms with Crippen molar-refractivity contribution >= 4 is 48.9 Å². The molecule has 0 radical (unpaired) electrons. The summed E-state index contributed by atoms with van der Waals surface area (Å²) < 4.78 is 75.4. The highest BCUT2D eigenvalue weighted by Gasteiger charge is 2.44. The lowest BCUT2D eigenvalue weighted by Crippen LogP contribution is -2.22. The van der Waals surface area contributed by atoms with Crippen molar-refractivity contribution in [3.8, 4) is 11.5 Å². The van der Waals surface area contributed by atoms with Gasteiger partial charge in [0.1, 0.15) is 17.3 Å². The molecule has 0 saturated heterocycles. The molecule has 0 spiro atoms. The van der Waals surface area contributed by atoms with Crippen LogP contribution < -0.4 is 4.74 Å². The van der Waals surface area contributed by atoms with Gasteiger partial charge in [0.05, 0.1) is 14.4 Å². The molecule has 2 rings (SSSR count). The van der Waals surface area contributed by atoms with Crippen LogP contribution in [0.25, 0.3) is 0 Å². The van der Waals surface area contributed by atoms with E-state index in [2.05, 4.69) is 15.9 Å². The Morgan fingerprint density at radius 3 is 2.33 bits per heavy atom. The fraction of sp³-hybridized carbons (Fsp3) is 0.0769. The first-order chi connectivity index (χ1) is 10.9. The van der Waals surface area contributed by atoms with Crippen LogP contribution in [0, 0.1) is 10.6 Å². The molecule has 0 aliphatic heterocycles. The molecule has 2 aromatic carbocycles. The zero-order chi connectivity index (χ0) is 18.3. The van der Waals surface area contributed by atoms with Crippen molar-refractivity contribution in [1.29, 1.82) is 4.78 Å². The van der Waals surface area contributed by atoms with Crippen LogP contribution in [-0.4, -0.2) is 9.72 Å². The second kappa shape index (κ2) is 6.70. The minimum atomic E-state index is -5.28. The van der Waals surface area contributed by atoms with E-state index >= 15 is 0 Å². The van der Waals surface area contributed by atoms with Gasteiger partial charge in [0, 0.05) is 11.1 Å². The van der Waals surface area contributed by atoms with Crippen LogP contribution >= 0.6 is 39.1 Å². The Balaban J connectivity index is 2.48. The van der Waals surface area contributed by atoms with Crippen LogP contribution in [0.5, 0.6) is 11.5 Å². The van der Waals surface area contributed by atoms with Crippen molar-refractivity contribution < 1.29 is 26.5 Å². The van der Waals surface area contributed by atoms with Gasteiger partial charge in [0.2, 0.25) is 0 Å². The molecule has 0 aromatic heterocycles. The summed E-state index contributed by atoms with van der Waals surface area (Å²) in [5, 5.41) is -0.539. The lowest BCUT2D eigenvalue weighted by atomic mass is 10.3. The Hall–Kier alpha value is -1.03. The molecule has 3 nitrogen and oxygen atoms in total. The van der Waals surface area contributed by atoms with Gasteiger partial charge in [0.25, 0.3) is 0 Å². The van der Waals surface area contributed by atoms with E-state index in [-0.39, 0.29) is 21.0 Å². The van der Waals surface area contributed by atoms with Crippen molar-refractivity contribution in [1.82, 2.24) is 0 Å². The van der Waals surface area contributed by atoms with E-state index < -0.39 is 31.0 Å². The van der Waals surface area contributed by atoms with Gasteiger partial charge in [-0.1, -0.05) is 23.2 Å². The SMILES string of the molecule is N=S(=O)(c1ccc(Oc2cc(F)cc(Cl)c2)c(Br)c1Cl)C(F)(F)F. The first-order valence-electron chi connectivity index (χ1n) is 5.90. The smallest absolute Gasteiger partial charge is 0.456 e. The molecule has 1 unspecified atom stereocenters. The first kappa shape index (κ1) is 19.3. The molecule has 0 heterocycles. The van der Waals surface area contributed by atoms with Crippen molar-refractivity contribution in [2.75, 3.05) is 0 Å². The number of nitrogens with one attached hydrogen (secondary N) is 1. The predicted molar refractivity (Wildman–Crippen MR) is 85.8 cm³/mol. The molecule has 1 N–H and O–H groups in total. The molecule has 11 heteroatoms. The summed E-state index contributed by atoms with van der Waals surface area (Å²) in [5.74, 6) is -0.766. The van der Waals surface area contributed by atoms with E-state index in [1.54, 1.807) is 0 Å². The minimum absolute atomic E-state index is 0.0213. The number of ether oxygens (including phenoxy) is 1.